The Morgan fingerprint density at radius 2 is 1.97 bits per heavy atom. The van der Waals surface area contributed by atoms with Crippen molar-refractivity contribution in [3.8, 4) is 11.3 Å². The Morgan fingerprint density at radius 3 is 2.67 bits per heavy atom. The van der Waals surface area contributed by atoms with Gasteiger partial charge in [0, 0.05) is 36.4 Å². The number of hydrogen-bond acceptors (Lipinski definition) is 5. The first kappa shape index (κ1) is 20.6. The van der Waals surface area contributed by atoms with Crippen LogP contribution in [0.25, 0.3) is 22.2 Å². The van der Waals surface area contributed by atoms with Gasteiger partial charge in [0.15, 0.2) is 11.7 Å². The van der Waals surface area contributed by atoms with Gasteiger partial charge in [0.05, 0.1) is 18.1 Å². The number of rotatable bonds is 7. The lowest BCUT2D eigenvalue weighted by Gasteiger charge is -2.27. The van der Waals surface area contributed by atoms with Crippen molar-refractivity contribution in [3.05, 3.63) is 42.3 Å². The van der Waals surface area contributed by atoms with Crippen molar-refractivity contribution in [2.24, 2.45) is 11.8 Å². The van der Waals surface area contributed by atoms with Crippen LogP contribution in [0.4, 0.5) is 8.78 Å². The van der Waals surface area contributed by atoms with Crippen LogP contribution in [0.1, 0.15) is 50.2 Å². The van der Waals surface area contributed by atoms with Crippen LogP contribution in [0, 0.1) is 18.8 Å². The van der Waals surface area contributed by atoms with E-state index in [2.05, 4.69) is 15.0 Å². The monoisotopic (exact) mass is 413 g/mol. The Balaban J connectivity index is 1.40. The summed E-state index contributed by atoms with van der Waals surface area (Å²) in [5, 5.41) is 0.894. The quantitative estimate of drug-likeness (QED) is 0.507. The maximum atomic E-state index is 12.7. The topological polar surface area (TPSA) is 68.9 Å². The van der Waals surface area contributed by atoms with Crippen molar-refractivity contribution < 1.29 is 18.0 Å². The van der Waals surface area contributed by atoms with Gasteiger partial charge in [0.2, 0.25) is 6.43 Å². The lowest BCUT2D eigenvalue weighted by atomic mass is 9.78. The number of halogens is 2. The van der Waals surface area contributed by atoms with Gasteiger partial charge in [-0.15, -0.1) is 0 Å². The van der Waals surface area contributed by atoms with Gasteiger partial charge in [-0.3, -0.25) is 4.79 Å². The highest BCUT2D eigenvalue weighted by molar-refractivity contribution is 5.85. The van der Waals surface area contributed by atoms with Crippen molar-refractivity contribution in [2.45, 2.75) is 58.3 Å². The number of aromatic nitrogens is 3. The molecule has 0 N–H and O–H groups in total. The van der Waals surface area contributed by atoms with Gasteiger partial charge in [0.1, 0.15) is 11.6 Å². The molecule has 1 saturated carbocycles. The number of ketones is 1. The van der Waals surface area contributed by atoms with E-state index >= 15 is 0 Å². The minimum absolute atomic E-state index is 0.0180. The van der Waals surface area contributed by atoms with Crippen LogP contribution in [-0.4, -0.2) is 27.2 Å². The summed E-state index contributed by atoms with van der Waals surface area (Å²) in [5.41, 5.74) is 1.64. The van der Waals surface area contributed by atoms with E-state index in [9.17, 15) is 13.6 Å². The third-order valence-corrected chi connectivity index (χ3v) is 5.97. The first-order chi connectivity index (χ1) is 14.5. The third kappa shape index (κ3) is 4.89. The summed E-state index contributed by atoms with van der Waals surface area (Å²) in [6.07, 6.45) is 5.15. The molecule has 7 heteroatoms. The van der Waals surface area contributed by atoms with Crippen molar-refractivity contribution in [1.29, 1.82) is 0 Å². The second kappa shape index (κ2) is 8.98. The van der Waals surface area contributed by atoms with E-state index in [1.165, 1.54) is 0 Å². The summed E-state index contributed by atoms with van der Waals surface area (Å²) in [4.78, 5) is 25.8. The van der Waals surface area contributed by atoms with Crippen molar-refractivity contribution in [3.63, 3.8) is 0 Å². The van der Waals surface area contributed by atoms with Crippen LogP contribution in [0.2, 0.25) is 0 Å². The van der Waals surface area contributed by atoms with Crippen molar-refractivity contribution in [2.75, 3.05) is 0 Å². The average molecular weight is 413 g/mol. The zero-order valence-electron chi connectivity index (χ0n) is 17.0. The Labute approximate surface area is 173 Å². The fraction of sp³-hybridized carbons (Fsp3) is 0.478. The number of nitrogens with zero attached hydrogens (tertiary/aromatic N) is 3. The second-order valence-corrected chi connectivity index (χ2v) is 8.13. The van der Waals surface area contributed by atoms with Crippen LogP contribution in [0.15, 0.2) is 35.0 Å². The predicted molar refractivity (Wildman–Crippen MR) is 109 cm³/mol. The third-order valence-electron chi connectivity index (χ3n) is 5.97. The molecule has 158 valence electrons. The number of benzene rings is 1. The molecule has 5 nitrogen and oxygen atoms in total. The summed E-state index contributed by atoms with van der Waals surface area (Å²) in [6.45, 7) is 1.79. The molecule has 1 aliphatic carbocycles. The van der Waals surface area contributed by atoms with Crippen molar-refractivity contribution in [1.82, 2.24) is 15.0 Å². The molecule has 1 aromatic carbocycles. The van der Waals surface area contributed by atoms with E-state index in [-0.39, 0.29) is 24.5 Å². The minimum Gasteiger partial charge on any atom is -0.441 e. The first-order valence-electron chi connectivity index (χ1n) is 10.5. The Kier molecular flexibility index (Phi) is 6.16. The standard InChI is InChI=1S/C23H25F2N3O2/c1-14-26-13-21(30-14)17-7-8-18-12-27-23(28-19(18)10-17)11-20(29)16-5-2-15(3-6-16)4-9-22(24)25/h7-8,10,12-13,15-16,22H,2-6,9,11H2,1H3. The SMILES string of the molecule is Cc1ncc(-c2ccc3cnc(CC(=O)C4CCC(CCC(F)F)CC4)nc3c2)o1. The largest absolute Gasteiger partial charge is 0.441 e. The maximum Gasteiger partial charge on any atom is 0.238 e. The highest BCUT2D eigenvalue weighted by Crippen LogP contribution is 2.33. The Hall–Kier alpha value is -2.70. The highest BCUT2D eigenvalue weighted by Gasteiger charge is 2.27. The number of carbonyl (C=O) groups excluding carboxylic acids is 1. The zero-order valence-corrected chi connectivity index (χ0v) is 17.0. The molecular formula is C23H25F2N3O2. The molecule has 0 atom stereocenters. The highest BCUT2D eigenvalue weighted by atomic mass is 19.3. The fourth-order valence-electron chi connectivity index (χ4n) is 4.23. The molecule has 0 bridgehead atoms. The first-order valence-corrected chi connectivity index (χ1v) is 10.5. The number of Topliss-reactive ketones (excluding diaryl/α,β-unsaturated/α-hetero) is 1. The Bertz CT molecular complexity index is 1030. The number of carbonyl (C=O) groups is 1. The molecule has 0 spiro atoms. The molecule has 0 amide bonds. The molecule has 0 unspecified atom stereocenters. The van der Waals surface area contributed by atoms with E-state index in [1.807, 2.05) is 18.2 Å². The summed E-state index contributed by atoms with van der Waals surface area (Å²) in [7, 11) is 0. The van der Waals surface area contributed by atoms with E-state index in [1.54, 1.807) is 19.3 Å². The summed E-state index contributed by atoms with van der Waals surface area (Å²) >= 11 is 0. The normalized spacial score (nSPS) is 19.5. The second-order valence-electron chi connectivity index (χ2n) is 8.13. The van der Waals surface area contributed by atoms with Gasteiger partial charge < -0.3 is 4.42 Å². The van der Waals surface area contributed by atoms with Gasteiger partial charge in [-0.25, -0.2) is 23.7 Å². The number of fused-ring (bicyclic) bond motifs is 1. The smallest absolute Gasteiger partial charge is 0.238 e. The van der Waals surface area contributed by atoms with Gasteiger partial charge in [0.25, 0.3) is 0 Å². The molecule has 0 saturated heterocycles. The number of hydrogen-bond donors (Lipinski definition) is 0. The zero-order chi connectivity index (χ0) is 21.1. The van der Waals surface area contributed by atoms with E-state index in [0.717, 1.165) is 42.1 Å². The van der Waals surface area contributed by atoms with E-state index in [4.69, 9.17) is 4.42 Å². The molecule has 2 aromatic heterocycles. The van der Waals surface area contributed by atoms with Gasteiger partial charge in [-0.2, -0.15) is 0 Å². The van der Waals surface area contributed by atoms with Gasteiger partial charge >= 0.3 is 0 Å². The fourth-order valence-corrected chi connectivity index (χ4v) is 4.23. The van der Waals surface area contributed by atoms with Crippen LogP contribution in [-0.2, 0) is 11.2 Å². The van der Waals surface area contributed by atoms with Crippen LogP contribution in [0.5, 0.6) is 0 Å². The van der Waals surface area contributed by atoms with Crippen LogP contribution in [0.3, 0.4) is 0 Å². The van der Waals surface area contributed by atoms with Gasteiger partial charge in [-0.1, -0.05) is 12.1 Å². The summed E-state index contributed by atoms with van der Waals surface area (Å²) in [6, 6.07) is 5.77. The molecule has 4 rings (SSSR count). The number of alkyl halides is 2. The molecular weight excluding hydrogens is 388 g/mol. The average Bonchev–Trinajstić information content (AvgIpc) is 3.18. The van der Waals surface area contributed by atoms with Gasteiger partial charge in [-0.05, 0) is 44.1 Å². The predicted octanol–water partition coefficient (Wildman–Crippen LogP) is 5.56. The maximum absolute atomic E-state index is 12.7. The number of oxazole rings is 1. The molecule has 30 heavy (non-hydrogen) atoms. The molecule has 1 fully saturated rings. The Morgan fingerprint density at radius 1 is 1.17 bits per heavy atom. The molecule has 2 heterocycles. The van der Waals surface area contributed by atoms with E-state index < -0.39 is 6.43 Å². The lowest BCUT2D eigenvalue weighted by Crippen LogP contribution is -2.24. The van der Waals surface area contributed by atoms with E-state index in [0.29, 0.717) is 29.8 Å². The van der Waals surface area contributed by atoms with Crippen LogP contribution >= 0.6 is 0 Å². The molecule has 3 aromatic rings. The molecule has 0 radical (unpaired) electrons. The lowest BCUT2D eigenvalue weighted by molar-refractivity contribution is -0.123. The molecule has 1 aliphatic rings. The number of aryl methyl sites for hydroxylation is 1. The van der Waals surface area contributed by atoms with Crippen LogP contribution < -0.4 is 0 Å². The summed E-state index contributed by atoms with van der Waals surface area (Å²) < 4.78 is 30.4. The molecule has 0 aliphatic heterocycles. The minimum atomic E-state index is -2.23. The van der Waals surface area contributed by atoms with Crippen molar-refractivity contribution >= 4 is 16.7 Å². The summed E-state index contributed by atoms with van der Waals surface area (Å²) in [5.74, 6) is 2.23.